The minimum Gasteiger partial charge on any atom is -0.343 e. The molecule has 1 saturated heterocycles. The summed E-state index contributed by atoms with van der Waals surface area (Å²) in [5, 5.41) is 2.84. The topological polar surface area (TPSA) is 32.3 Å². The third-order valence-electron chi connectivity index (χ3n) is 2.52. The minimum absolute atomic E-state index is 0.0125. The van der Waals surface area contributed by atoms with E-state index >= 15 is 0 Å². The Kier molecular flexibility index (Phi) is 6.11. The van der Waals surface area contributed by atoms with Crippen LogP contribution in [0.5, 0.6) is 0 Å². The predicted molar refractivity (Wildman–Crippen MR) is 61.8 cm³/mol. The summed E-state index contributed by atoms with van der Waals surface area (Å²) in [5.41, 5.74) is -4.16. The number of carbonyl (C=O) groups excluding carboxylic acids is 1. The monoisotopic (exact) mass is 270 g/mol. The molecule has 1 aliphatic heterocycles. The number of amides is 1. The maximum atomic E-state index is 11.8. The number of halogens is 3. The normalized spacial score (nSPS) is 16.5. The van der Waals surface area contributed by atoms with E-state index in [1.165, 1.54) is 0 Å². The zero-order valence-electron chi connectivity index (χ0n) is 9.55. The van der Waals surface area contributed by atoms with Crippen LogP contribution >= 0.6 is 11.8 Å². The molecule has 0 radical (unpaired) electrons. The first-order valence-corrected chi connectivity index (χ1v) is 6.67. The zero-order valence-corrected chi connectivity index (χ0v) is 10.4. The van der Waals surface area contributed by atoms with Crippen molar-refractivity contribution < 1.29 is 18.0 Å². The molecule has 0 spiro atoms. The second-order valence-corrected chi connectivity index (χ2v) is 5.04. The highest BCUT2D eigenvalue weighted by Crippen LogP contribution is 2.29. The number of nitrogens with zero attached hydrogens (tertiary/aromatic N) is 1. The third kappa shape index (κ3) is 6.78. The molecule has 1 rings (SSSR count). The predicted octanol–water partition coefficient (Wildman–Crippen LogP) is 1.84. The highest BCUT2D eigenvalue weighted by molar-refractivity contribution is 8.00. The summed E-state index contributed by atoms with van der Waals surface area (Å²) in [6, 6.07) is 0. The van der Waals surface area contributed by atoms with Crippen molar-refractivity contribution in [2.24, 2.45) is 0 Å². The molecule has 0 aromatic rings. The Morgan fingerprint density at radius 1 is 1.24 bits per heavy atom. The van der Waals surface area contributed by atoms with Gasteiger partial charge in [0, 0.05) is 38.4 Å². The van der Waals surface area contributed by atoms with E-state index < -0.39 is 5.51 Å². The SMILES string of the molecule is O=C(CCNCCSC(F)(F)F)N1CCCC1. The van der Waals surface area contributed by atoms with Crippen LogP contribution in [0.3, 0.4) is 0 Å². The lowest BCUT2D eigenvalue weighted by Crippen LogP contribution is -2.31. The van der Waals surface area contributed by atoms with Crippen LogP contribution in [-0.4, -0.2) is 48.2 Å². The van der Waals surface area contributed by atoms with Crippen LogP contribution in [0.15, 0.2) is 0 Å². The van der Waals surface area contributed by atoms with Crippen molar-refractivity contribution in [3.8, 4) is 0 Å². The second-order valence-electron chi connectivity index (χ2n) is 3.88. The first-order chi connectivity index (χ1) is 7.99. The highest BCUT2D eigenvalue weighted by Gasteiger charge is 2.27. The molecular formula is C10H17F3N2OS. The molecule has 0 atom stereocenters. The fourth-order valence-electron chi connectivity index (χ4n) is 1.68. The standard InChI is InChI=1S/C10H17F3N2OS/c11-10(12,13)17-8-5-14-4-3-9(16)15-6-1-2-7-15/h14H,1-8H2. The molecule has 7 heteroatoms. The van der Waals surface area contributed by atoms with Gasteiger partial charge in [0.25, 0.3) is 0 Å². The summed E-state index contributed by atoms with van der Waals surface area (Å²) in [6.45, 7) is 2.37. The van der Waals surface area contributed by atoms with Gasteiger partial charge in [0.15, 0.2) is 0 Å². The summed E-state index contributed by atoms with van der Waals surface area (Å²) in [6.07, 6.45) is 2.49. The fourth-order valence-corrected chi connectivity index (χ4v) is 2.16. The molecule has 1 amide bonds. The Morgan fingerprint density at radius 2 is 1.88 bits per heavy atom. The molecule has 0 bridgehead atoms. The molecule has 1 aliphatic rings. The molecule has 0 aliphatic carbocycles. The van der Waals surface area contributed by atoms with E-state index in [-0.39, 0.29) is 30.0 Å². The van der Waals surface area contributed by atoms with Gasteiger partial charge in [-0.25, -0.2) is 0 Å². The Balaban J connectivity index is 1.95. The van der Waals surface area contributed by atoms with Gasteiger partial charge in [0.2, 0.25) is 5.91 Å². The highest BCUT2D eigenvalue weighted by atomic mass is 32.2. The third-order valence-corrected chi connectivity index (χ3v) is 3.25. The van der Waals surface area contributed by atoms with Crippen LogP contribution in [0.2, 0.25) is 0 Å². The van der Waals surface area contributed by atoms with Gasteiger partial charge in [0.1, 0.15) is 0 Å². The van der Waals surface area contributed by atoms with Gasteiger partial charge in [-0.3, -0.25) is 4.79 Å². The summed E-state index contributed by atoms with van der Waals surface area (Å²) in [7, 11) is 0. The average molecular weight is 270 g/mol. The van der Waals surface area contributed by atoms with Gasteiger partial charge < -0.3 is 10.2 Å². The first-order valence-electron chi connectivity index (χ1n) is 5.68. The van der Waals surface area contributed by atoms with Crippen molar-refractivity contribution in [1.82, 2.24) is 10.2 Å². The second kappa shape index (κ2) is 7.10. The van der Waals surface area contributed by atoms with Crippen molar-refractivity contribution in [2.75, 3.05) is 31.9 Å². The number of carbonyl (C=O) groups is 1. The Morgan fingerprint density at radius 3 is 2.47 bits per heavy atom. The lowest BCUT2D eigenvalue weighted by atomic mass is 10.3. The van der Waals surface area contributed by atoms with E-state index in [1.807, 2.05) is 4.90 Å². The number of thioether (sulfide) groups is 1. The van der Waals surface area contributed by atoms with E-state index in [0.29, 0.717) is 13.0 Å². The van der Waals surface area contributed by atoms with Gasteiger partial charge in [0.05, 0.1) is 0 Å². The Hall–Kier alpha value is -0.430. The fraction of sp³-hybridized carbons (Fsp3) is 0.900. The minimum atomic E-state index is -4.16. The van der Waals surface area contributed by atoms with Crippen LogP contribution in [0.1, 0.15) is 19.3 Å². The maximum absolute atomic E-state index is 11.8. The van der Waals surface area contributed by atoms with Crippen LogP contribution in [-0.2, 0) is 4.79 Å². The molecule has 3 nitrogen and oxygen atoms in total. The van der Waals surface area contributed by atoms with Crippen LogP contribution in [0.4, 0.5) is 13.2 Å². The molecular weight excluding hydrogens is 253 g/mol. The van der Waals surface area contributed by atoms with Crippen molar-refractivity contribution >= 4 is 17.7 Å². The quantitative estimate of drug-likeness (QED) is 0.748. The number of rotatable bonds is 6. The van der Waals surface area contributed by atoms with Gasteiger partial charge in [-0.2, -0.15) is 13.2 Å². The molecule has 0 unspecified atom stereocenters. The first kappa shape index (κ1) is 14.6. The Labute approximate surface area is 103 Å². The molecule has 100 valence electrons. The lowest BCUT2D eigenvalue weighted by Gasteiger charge is -2.15. The average Bonchev–Trinajstić information content (AvgIpc) is 2.74. The van der Waals surface area contributed by atoms with Crippen LogP contribution < -0.4 is 5.32 Å². The Bertz CT molecular complexity index is 242. The van der Waals surface area contributed by atoms with Crippen molar-refractivity contribution in [3.63, 3.8) is 0 Å². The zero-order chi connectivity index (χ0) is 12.7. The molecule has 0 saturated carbocycles. The van der Waals surface area contributed by atoms with Crippen LogP contribution in [0.25, 0.3) is 0 Å². The molecule has 0 aromatic heterocycles. The summed E-state index contributed by atoms with van der Waals surface area (Å²) < 4.78 is 35.3. The maximum Gasteiger partial charge on any atom is 0.441 e. The largest absolute Gasteiger partial charge is 0.441 e. The van der Waals surface area contributed by atoms with Crippen molar-refractivity contribution in [1.29, 1.82) is 0 Å². The van der Waals surface area contributed by atoms with Gasteiger partial charge in [-0.1, -0.05) is 0 Å². The van der Waals surface area contributed by atoms with E-state index in [9.17, 15) is 18.0 Å². The van der Waals surface area contributed by atoms with Gasteiger partial charge >= 0.3 is 5.51 Å². The summed E-state index contributed by atoms with van der Waals surface area (Å²) in [5.74, 6) is 0.0833. The molecule has 17 heavy (non-hydrogen) atoms. The van der Waals surface area contributed by atoms with E-state index in [0.717, 1.165) is 25.9 Å². The van der Waals surface area contributed by atoms with Crippen molar-refractivity contribution in [2.45, 2.75) is 24.8 Å². The molecule has 0 aromatic carbocycles. The van der Waals surface area contributed by atoms with Gasteiger partial charge in [-0.15, -0.1) is 0 Å². The number of hydrogen-bond donors (Lipinski definition) is 1. The van der Waals surface area contributed by atoms with Crippen LogP contribution in [0, 0.1) is 0 Å². The number of nitrogens with one attached hydrogen (secondary N) is 1. The summed E-state index contributed by atoms with van der Waals surface area (Å²) >= 11 is -0.0401. The lowest BCUT2D eigenvalue weighted by molar-refractivity contribution is -0.130. The van der Waals surface area contributed by atoms with E-state index in [2.05, 4.69) is 5.32 Å². The number of likely N-dealkylation sites (tertiary alicyclic amines) is 1. The number of hydrogen-bond acceptors (Lipinski definition) is 3. The molecule has 1 heterocycles. The molecule has 1 N–H and O–H groups in total. The molecule has 1 fully saturated rings. The number of alkyl halides is 3. The van der Waals surface area contributed by atoms with Crippen molar-refractivity contribution in [3.05, 3.63) is 0 Å². The van der Waals surface area contributed by atoms with E-state index in [4.69, 9.17) is 0 Å². The summed E-state index contributed by atoms with van der Waals surface area (Å²) in [4.78, 5) is 13.3. The van der Waals surface area contributed by atoms with Gasteiger partial charge in [-0.05, 0) is 24.6 Å². The smallest absolute Gasteiger partial charge is 0.343 e. The van der Waals surface area contributed by atoms with E-state index in [1.54, 1.807) is 0 Å².